The van der Waals surface area contributed by atoms with Gasteiger partial charge in [-0.1, -0.05) is 36.4 Å². The number of rotatable bonds is 12. The van der Waals surface area contributed by atoms with Crippen molar-refractivity contribution in [1.29, 1.82) is 0 Å². The highest BCUT2D eigenvalue weighted by Crippen LogP contribution is 2.34. The Hall–Kier alpha value is -3.97. The molecule has 3 aromatic rings. The zero-order valence-corrected chi connectivity index (χ0v) is 21.9. The van der Waals surface area contributed by atoms with Crippen molar-refractivity contribution < 1.29 is 19.4 Å². The van der Waals surface area contributed by atoms with Crippen molar-refractivity contribution in [3.05, 3.63) is 82.9 Å². The molecular formula is C31H33N3O4. The molecule has 0 saturated carbocycles. The van der Waals surface area contributed by atoms with Crippen molar-refractivity contribution in [2.75, 3.05) is 33.9 Å². The number of fused-ring (bicyclic) bond motifs is 2. The van der Waals surface area contributed by atoms with E-state index >= 15 is 0 Å². The fraction of sp³-hybridized carbons (Fsp3) is 0.323. The predicted molar refractivity (Wildman–Crippen MR) is 150 cm³/mol. The Morgan fingerprint density at radius 2 is 1.29 bits per heavy atom. The third-order valence-corrected chi connectivity index (χ3v) is 6.71. The summed E-state index contributed by atoms with van der Waals surface area (Å²) < 4.78 is 11.6. The van der Waals surface area contributed by atoms with Crippen LogP contribution in [0.4, 0.5) is 11.4 Å². The summed E-state index contributed by atoms with van der Waals surface area (Å²) in [5.41, 5.74) is 8.60. The molecule has 2 aliphatic heterocycles. The third-order valence-electron chi connectivity index (χ3n) is 6.71. The number of carboxylic acid groups (broad SMARTS) is 1. The summed E-state index contributed by atoms with van der Waals surface area (Å²) in [7, 11) is 4.14. The van der Waals surface area contributed by atoms with Crippen LogP contribution in [0.2, 0.25) is 0 Å². The van der Waals surface area contributed by atoms with Gasteiger partial charge in [-0.2, -0.15) is 0 Å². The first-order chi connectivity index (χ1) is 18.4. The Bertz CT molecular complexity index is 1380. The van der Waals surface area contributed by atoms with E-state index in [0.29, 0.717) is 19.6 Å². The summed E-state index contributed by atoms with van der Waals surface area (Å²) in [6.45, 7) is 2.08. The SMILES string of the molecule is CN(C)CCCOc1ccc2c(c1)N=C(c1ccc(C3=Nc4cc(OCCCC(=O)O)ccc4C3)cc1)C2. The molecule has 0 atom stereocenters. The van der Waals surface area contributed by atoms with E-state index < -0.39 is 5.97 Å². The van der Waals surface area contributed by atoms with Crippen molar-refractivity contribution >= 4 is 28.8 Å². The molecule has 1 N–H and O–H groups in total. The molecule has 0 radical (unpaired) electrons. The van der Waals surface area contributed by atoms with Crippen molar-refractivity contribution in [1.82, 2.24) is 4.90 Å². The summed E-state index contributed by atoms with van der Waals surface area (Å²) in [6, 6.07) is 20.6. The Kier molecular flexibility index (Phi) is 7.84. The molecular weight excluding hydrogens is 478 g/mol. The van der Waals surface area contributed by atoms with Gasteiger partial charge in [0.1, 0.15) is 11.5 Å². The Morgan fingerprint density at radius 1 is 0.789 bits per heavy atom. The van der Waals surface area contributed by atoms with E-state index in [-0.39, 0.29) is 6.42 Å². The second-order valence-electron chi connectivity index (χ2n) is 9.98. The second kappa shape index (κ2) is 11.6. The van der Waals surface area contributed by atoms with E-state index in [2.05, 4.69) is 49.3 Å². The monoisotopic (exact) mass is 511 g/mol. The summed E-state index contributed by atoms with van der Waals surface area (Å²) in [5.74, 6) is 0.781. The first kappa shape index (κ1) is 25.7. The quantitative estimate of drug-likeness (QED) is 0.319. The number of aliphatic carboxylic acids is 1. The molecule has 7 heteroatoms. The van der Waals surface area contributed by atoms with Crippen molar-refractivity contribution in [3.8, 4) is 11.5 Å². The molecule has 3 aromatic carbocycles. The van der Waals surface area contributed by atoms with Gasteiger partial charge in [-0.15, -0.1) is 0 Å². The molecule has 5 rings (SSSR count). The molecule has 0 unspecified atom stereocenters. The average Bonchev–Trinajstić information content (AvgIpc) is 3.53. The Labute approximate surface area is 223 Å². The van der Waals surface area contributed by atoms with E-state index in [4.69, 9.17) is 24.6 Å². The summed E-state index contributed by atoms with van der Waals surface area (Å²) >= 11 is 0. The largest absolute Gasteiger partial charge is 0.494 e. The van der Waals surface area contributed by atoms with Gasteiger partial charge in [-0.3, -0.25) is 14.8 Å². The highest BCUT2D eigenvalue weighted by Gasteiger charge is 2.19. The zero-order chi connectivity index (χ0) is 26.5. The molecule has 0 amide bonds. The number of ether oxygens (including phenoxy) is 2. The van der Waals surface area contributed by atoms with Gasteiger partial charge in [0.25, 0.3) is 0 Å². The molecule has 0 spiro atoms. The van der Waals surface area contributed by atoms with Crippen LogP contribution in [0.3, 0.4) is 0 Å². The lowest BCUT2D eigenvalue weighted by Gasteiger charge is -2.10. The second-order valence-corrected chi connectivity index (χ2v) is 9.98. The highest BCUT2D eigenvalue weighted by molar-refractivity contribution is 6.09. The maximum Gasteiger partial charge on any atom is 0.303 e. The maximum atomic E-state index is 10.7. The maximum absolute atomic E-state index is 10.7. The minimum Gasteiger partial charge on any atom is -0.494 e. The molecule has 0 saturated heterocycles. The first-order valence-corrected chi connectivity index (χ1v) is 13.1. The van der Waals surface area contributed by atoms with Crippen LogP contribution < -0.4 is 9.47 Å². The van der Waals surface area contributed by atoms with Gasteiger partial charge in [0.05, 0.1) is 36.0 Å². The van der Waals surface area contributed by atoms with Crippen LogP contribution in [0.15, 0.2) is 70.6 Å². The molecule has 2 aliphatic rings. The predicted octanol–water partition coefficient (Wildman–Crippen LogP) is 5.61. The van der Waals surface area contributed by atoms with E-state index in [0.717, 1.165) is 76.8 Å². The molecule has 0 aliphatic carbocycles. The van der Waals surface area contributed by atoms with E-state index in [1.807, 2.05) is 30.3 Å². The molecule has 196 valence electrons. The van der Waals surface area contributed by atoms with E-state index in [9.17, 15) is 4.79 Å². The van der Waals surface area contributed by atoms with Gasteiger partial charge in [-0.05, 0) is 61.3 Å². The lowest BCUT2D eigenvalue weighted by atomic mass is 10.00. The van der Waals surface area contributed by atoms with Gasteiger partial charge in [0.15, 0.2) is 0 Å². The van der Waals surface area contributed by atoms with Crippen LogP contribution in [-0.4, -0.2) is 61.3 Å². The van der Waals surface area contributed by atoms with Gasteiger partial charge >= 0.3 is 5.97 Å². The van der Waals surface area contributed by atoms with Crippen molar-refractivity contribution in [2.45, 2.75) is 32.1 Å². The van der Waals surface area contributed by atoms with Crippen LogP contribution in [0.1, 0.15) is 41.5 Å². The minimum absolute atomic E-state index is 0.106. The number of hydrogen-bond acceptors (Lipinski definition) is 6. The van der Waals surface area contributed by atoms with Crippen LogP contribution in [0, 0.1) is 0 Å². The Morgan fingerprint density at radius 3 is 1.76 bits per heavy atom. The zero-order valence-electron chi connectivity index (χ0n) is 21.9. The van der Waals surface area contributed by atoms with Crippen LogP contribution in [0.5, 0.6) is 11.5 Å². The number of carboxylic acids is 1. The highest BCUT2D eigenvalue weighted by atomic mass is 16.5. The van der Waals surface area contributed by atoms with Crippen LogP contribution >= 0.6 is 0 Å². The number of aliphatic imine (C=N–C) groups is 2. The van der Waals surface area contributed by atoms with Crippen LogP contribution in [0.25, 0.3) is 0 Å². The average molecular weight is 512 g/mol. The summed E-state index contributed by atoms with van der Waals surface area (Å²) in [4.78, 5) is 22.6. The topological polar surface area (TPSA) is 83.7 Å². The van der Waals surface area contributed by atoms with Gasteiger partial charge < -0.3 is 19.5 Å². The molecule has 7 nitrogen and oxygen atoms in total. The van der Waals surface area contributed by atoms with Gasteiger partial charge in [0.2, 0.25) is 0 Å². The lowest BCUT2D eigenvalue weighted by molar-refractivity contribution is -0.137. The van der Waals surface area contributed by atoms with Gasteiger partial charge in [-0.25, -0.2) is 0 Å². The standard InChI is InChI=1S/C31H33N3O4/c1-34(2)14-4-16-38-26-13-11-24-18-28(33-30(24)20-26)22-8-6-21(7-9-22)27-17-23-10-12-25(19-29(23)32-27)37-15-3-5-31(35)36/h6-13,19-20H,3-5,14-18H2,1-2H3,(H,35,36). The fourth-order valence-electron chi connectivity index (χ4n) is 4.68. The molecule has 0 aromatic heterocycles. The van der Waals surface area contributed by atoms with E-state index in [1.54, 1.807) is 0 Å². The number of carbonyl (C=O) groups is 1. The smallest absolute Gasteiger partial charge is 0.303 e. The third kappa shape index (κ3) is 6.29. The molecule has 0 bridgehead atoms. The normalized spacial score (nSPS) is 13.7. The van der Waals surface area contributed by atoms with Crippen molar-refractivity contribution in [2.24, 2.45) is 9.98 Å². The first-order valence-electron chi connectivity index (χ1n) is 13.1. The molecule has 38 heavy (non-hydrogen) atoms. The summed E-state index contributed by atoms with van der Waals surface area (Å²) in [6.07, 6.45) is 3.17. The number of benzene rings is 3. The van der Waals surface area contributed by atoms with E-state index in [1.165, 1.54) is 5.56 Å². The lowest BCUT2D eigenvalue weighted by Crippen LogP contribution is -2.15. The molecule has 0 fully saturated rings. The number of hydrogen-bond donors (Lipinski definition) is 1. The number of nitrogens with zero attached hydrogens (tertiary/aromatic N) is 3. The minimum atomic E-state index is -0.808. The van der Waals surface area contributed by atoms with Gasteiger partial charge in [0, 0.05) is 37.9 Å². The fourth-order valence-corrected chi connectivity index (χ4v) is 4.68. The van der Waals surface area contributed by atoms with Crippen molar-refractivity contribution in [3.63, 3.8) is 0 Å². The van der Waals surface area contributed by atoms with Crippen LogP contribution in [-0.2, 0) is 17.6 Å². The summed E-state index contributed by atoms with van der Waals surface area (Å²) in [5, 5.41) is 8.77. The molecule has 2 heterocycles. The Balaban J connectivity index is 1.20.